The number of benzene rings is 1. The minimum Gasteiger partial charge on any atom is -0.497 e. The fraction of sp³-hybridized carbons (Fsp3) is 0.250. The van der Waals surface area contributed by atoms with Gasteiger partial charge in [-0.15, -0.1) is 11.3 Å². The summed E-state index contributed by atoms with van der Waals surface area (Å²) in [4.78, 5) is 17.6. The molecule has 22 heavy (non-hydrogen) atoms. The number of fused-ring (bicyclic) bond motifs is 1. The van der Waals surface area contributed by atoms with Crippen molar-refractivity contribution in [3.05, 3.63) is 40.6 Å². The lowest BCUT2D eigenvalue weighted by Crippen LogP contribution is -2.13. The zero-order chi connectivity index (χ0) is 15.7. The molecule has 1 amide bonds. The second-order valence-corrected chi connectivity index (χ2v) is 6.21. The Bertz CT molecular complexity index is 816. The number of carbonyl (C=O) groups excluding carboxylic acids is 1. The number of furan rings is 1. The predicted octanol–water partition coefficient (Wildman–Crippen LogP) is 3.70. The van der Waals surface area contributed by atoms with E-state index in [-0.39, 0.29) is 12.3 Å². The minimum absolute atomic E-state index is 0.104. The topological polar surface area (TPSA) is 64.4 Å². The van der Waals surface area contributed by atoms with Crippen LogP contribution < -0.4 is 10.1 Å². The Labute approximate surface area is 131 Å². The van der Waals surface area contributed by atoms with E-state index in [1.54, 1.807) is 13.4 Å². The van der Waals surface area contributed by atoms with Crippen molar-refractivity contribution in [1.82, 2.24) is 4.98 Å². The highest BCUT2D eigenvalue weighted by atomic mass is 32.1. The number of methoxy groups -OCH3 is 1. The van der Waals surface area contributed by atoms with Crippen molar-refractivity contribution < 1.29 is 13.9 Å². The summed E-state index contributed by atoms with van der Waals surface area (Å²) in [6.07, 6.45) is 1.86. The first-order valence-corrected chi connectivity index (χ1v) is 7.66. The maximum absolute atomic E-state index is 12.2. The van der Waals surface area contributed by atoms with Crippen molar-refractivity contribution in [2.24, 2.45) is 0 Å². The van der Waals surface area contributed by atoms with Crippen LogP contribution in [-0.4, -0.2) is 18.0 Å². The maximum Gasteiger partial charge on any atom is 0.230 e. The fourth-order valence-electron chi connectivity index (χ4n) is 2.19. The van der Waals surface area contributed by atoms with Gasteiger partial charge < -0.3 is 14.5 Å². The molecule has 0 unspecified atom stereocenters. The van der Waals surface area contributed by atoms with E-state index in [1.165, 1.54) is 11.3 Å². The molecule has 1 aromatic carbocycles. The molecule has 114 valence electrons. The lowest BCUT2D eigenvalue weighted by Gasteiger charge is -2.01. The van der Waals surface area contributed by atoms with Gasteiger partial charge in [-0.3, -0.25) is 4.79 Å². The number of hydrogen-bond acceptors (Lipinski definition) is 5. The van der Waals surface area contributed by atoms with Gasteiger partial charge in [0.25, 0.3) is 0 Å². The Morgan fingerprint density at radius 2 is 2.23 bits per heavy atom. The van der Waals surface area contributed by atoms with Crippen LogP contribution in [0.1, 0.15) is 16.1 Å². The van der Waals surface area contributed by atoms with E-state index >= 15 is 0 Å². The van der Waals surface area contributed by atoms with Crippen molar-refractivity contribution in [2.75, 3.05) is 12.4 Å². The Kier molecular flexibility index (Phi) is 3.85. The molecule has 0 bridgehead atoms. The van der Waals surface area contributed by atoms with Crippen LogP contribution in [0.2, 0.25) is 0 Å². The van der Waals surface area contributed by atoms with E-state index in [1.807, 2.05) is 32.0 Å². The van der Waals surface area contributed by atoms with Gasteiger partial charge >= 0.3 is 0 Å². The van der Waals surface area contributed by atoms with Crippen molar-refractivity contribution in [2.45, 2.75) is 20.3 Å². The van der Waals surface area contributed by atoms with Gasteiger partial charge in [0.2, 0.25) is 5.91 Å². The van der Waals surface area contributed by atoms with Gasteiger partial charge in [-0.05, 0) is 26.0 Å². The molecule has 0 spiro atoms. The molecule has 5 nitrogen and oxygen atoms in total. The van der Waals surface area contributed by atoms with Gasteiger partial charge in [-0.1, -0.05) is 0 Å². The van der Waals surface area contributed by atoms with Crippen LogP contribution in [-0.2, 0) is 11.2 Å². The molecule has 3 rings (SSSR count). The standard InChI is InChI=1S/C16H16N2O3S/c1-9-10(2)22-16(17-9)18-15(19)6-11-8-21-14-7-12(20-3)4-5-13(11)14/h4-5,7-8H,6H2,1-3H3,(H,17,18,19). The Balaban J connectivity index is 1.76. The van der Waals surface area contributed by atoms with Crippen LogP contribution in [0.4, 0.5) is 5.13 Å². The molecule has 0 aliphatic rings. The zero-order valence-corrected chi connectivity index (χ0v) is 13.4. The third-order valence-corrected chi connectivity index (χ3v) is 4.48. The normalized spacial score (nSPS) is 10.9. The summed E-state index contributed by atoms with van der Waals surface area (Å²) in [5.74, 6) is 0.624. The van der Waals surface area contributed by atoms with E-state index in [9.17, 15) is 4.79 Å². The number of aromatic nitrogens is 1. The molecule has 3 aromatic rings. The third-order valence-electron chi connectivity index (χ3n) is 3.49. The summed E-state index contributed by atoms with van der Waals surface area (Å²) in [6, 6.07) is 5.56. The quantitative estimate of drug-likeness (QED) is 0.797. The zero-order valence-electron chi connectivity index (χ0n) is 12.6. The van der Waals surface area contributed by atoms with Gasteiger partial charge in [0.15, 0.2) is 5.13 Å². The van der Waals surface area contributed by atoms with Gasteiger partial charge in [0.1, 0.15) is 11.3 Å². The highest BCUT2D eigenvalue weighted by Crippen LogP contribution is 2.26. The second kappa shape index (κ2) is 5.81. The van der Waals surface area contributed by atoms with E-state index in [0.717, 1.165) is 27.3 Å². The Morgan fingerprint density at radius 1 is 1.41 bits per heavy atom. The lowest BCUT2D eigenvalue weighted by molar-refractivity contribution is -0.115. The Morgan fingerprint density at radius 3 is 2.91 bits per heavy atom. The number of nitrogens with zero attached hydrogens (tertiary/aromatic N) is 1. The molecule has 0 aliphatic heterocycles. The fourth-order valence-corrected chi connectivity index (χ4v) is 3.02. The average Bonchev–Trinajstić information content (AvgIpc) is 3.02. The van der Waals surface area contributed by atoms with Gasteiger partial charge in [-0.2, -0.15) is 0 Å². The number of hydrogen-bond donors (Lipinski definition) is 1. The number of ether oxygens (including phenoxy) is 1. The molecule has 0 radical (unpaired) electrons. The first-order valence-electron chi connectivity index (χ1n) is 6.85. The number of carbonyl (C=O) groups is 1. The molecule has 0 atom stereocenters. The Hall–Kier alpha value is -2.34. The molecule has 1 N–H and O–H groups in total. The van der Waals surface area contributed by atoms with Crippen LogP contribution in [0.5, 0.6) is 5.75 Å². The van der Waals surface area contributed by atoms with E-state index in [4.69, 9.17) is 9.15 Å². The van der Waals surface area contributed by atoms with Crippen molar-refractivity contribution in [1.29, 1.82) is 0 Å². The smallest absolute Gasteiger partial charge is 0.230 e. The molecule has 0 saturated heterocycles. The summed E-state index contributed by atoms with van der Waals surface area (Å²) in [5.41, 5.74) is 2.50. The van der Waals surface area contributed by atoms with Crippen LogP contribution in [0, 0.1) is 13.8 Å². The summed E-state index contributed by atoms with van der Waals surface area (Å²) >= 11 is 1.48. The number of aryl methyl sites for hydroxylation is 2. The second-order valence-electron chi connectivity index (χ2n) is 5.01. The number of anilines is 1. The van der Waals surface area contributed by atoms with Crippen molar-refractivity contribution in [3.8, 4) is 5.75 Å². The van der Waals surface area contributed by atoms with E-state index < -0.39 is 0 Å². The molecule has 0 aliphatic carbocycles. The largest absolute Gasteiger partial charge is 0.497 e. The van der Waals surface area contributed by atoms with Crippen LogP contribution in [0.15, 0.2) is 28.9 Å². The number of thiazole rings is 1. The predicted molar refractivity (Wildman–Crippen MR) is 86.7 cm³/mol. The summed E-state index contributed by atoms with van der Waals surface area (Å²) in [6.45, 7) is 3.91. The van der Waals surface area contributed by atoms with Crippen LogP contribution in [0.3, 0.4) is 0 Å². The summed E-state index contributed by atoms with van der Waals surface area (Å²) in [7, 11) is 1.61. The lowest BCUT2D eigenvalue weighted by atomic mass is 10.1. The van der Waals surface area contributed by atoms with Crippen LogP contribution in [0.25, 0.3) is 11.0 Å². The highest BCUT2D eigenvalue weighted by molar-refractivity contribution is 7.15. The SMILES string of the molecule is COc1ccc2c(CC(=O)Nc3nc(C)c(C)s3)coc2c1. The van der Waals surface area contributed by atoms with Gasteiger partial charge in [-0.25, -0.2) is 4.98 Å². The van der Waals surface area contributed by atoms with E-state index in [2.05, 4.69) is 10.3 Å². The van der Waals surface area contributed by atoms with Crippen LogP contribution >= 0.6 is 11.3 Å². The first-order chi connectivity index (χ1) is 10.6. The van der Waals surface area contributed by atoms with Crippen molar-refractivity contribution >= 4 is 33.3 Å². The third kappa shape index (κ3) is 2.82. The monoisotopic (exact) mass is 316 g/mol. The molecule has 2 heterocycles. The van der Waals surface area contributed by atoms with E-state index in [0.29, 0.717) is 10.7 Å². The molecular formula is C16H16N2O3S. The number of amides is 1. The molecule has 2 aromatic heterocycles. The molecule has 6 heteroatoms. The van der Waals surface area contributed by atoms with Crippen molar-refractivity contribution in [3.63, 3.8) is 0 Å². The number of rotatable bonds is 4. The van der Waals surface area contributed by atoms with Gasteiger partial charge in [0.05, 0.1) is 25.5 Å². The summed E-state index contributed by atoms with van der Waals surface area (Å²) < 4.78 is 10.7. The average molecular weight is 316 g/mol. The van der Waals surface area contributed by atoms with Gasteiger partial charge in [0, 0.05) is 21.9 Å². The highest BCUT2D eigenvalue weighted by Gasteiger charge is 2.13. The molecule has 0 fully saturated rings. The number of nitrogens with one attached hydrogen (secondary N) is 1. The first kappa shape index (κ1) is 14.6. The summed E-state index contributed by atoms with van der Waals surface area (Å²) in [5, 5.41) is 4.38. The maximum atomic E-state index is 12.2. The molecular weight excluding hydrogens is 300 g/mol. The minimum atomic E-state index is -0.104. The molecule has 0 saturated carbocycles.